The average Bonchev–Trinajstić information content (AvgIpc) is 2.95. The largest absolute Gasteiger partial charge is 0.382 e. The van der Waals surface area contributed by atoms with Crippen molar-refractivity contribution in [2.75, 3.05) is 5.73 Å². The molecule has 6 nitrogen and oxygen atoms in total. The molecule has 0 amide bonds. The van der Waals surface area contributed by atoms with Crippen molar-refractivity contribution in [3.8, 4) is 11.1 Å². The third-order valence-corrected chi connectivity index (χ3v) is 6.75. The van der Waals surface area contributed by atoms with E-state index in [2.05, 4.69) is 14.9 Å². The van der Waals surface area contributed by atoms with E-state index in [-0.39, 0.29) is 4.90 Å². The smallest absolute Gasteiger partial charge is 0.251 e. The number of aromatic nitrogens is 2. The van der Waals surface area contributed by atoms with Gasteiger partial charge in [-0.15, -0.1) is 0 Å². The Morgan fingerprint density at radius 3 is 2.50 bits per heavy atom. The van der Waals surface area contributed by atoms with E-state index in [4.69, 9.17) is 5.73 Å². The number of aryl methyl sites for hydroxylation is 2. The van der Waals surface area contributed by atoms with Crippen LogP contribution in [0.2, 0.25) is 0 Å². The molecule has 1 saturated carbocycles. The van der Waals surface area contributed by atoms with Gasteiger partial charge < -0.3 is 5.73 Å². The predicted molar refractivity (Wildman–Crippen MR) is 104 cm³/mol. The first-order chi connectivity index (χ1) is 13.1. The van der Waals surface area contributed by atoms with Crippen molar-refractivity contribution in [3.05, 3.63) is 41.5 Å². The van der Waals surface area contributed by atoms with Crippen molar-refractivity contribution in [3.63, 3.8) is 0 Å². The van der Waals surface area contributed by atoms with Crippen molar-refractivity contribution in [1.29, 1.82) is 0 Å². The zero-order valence-corrected chi connectivity index (χ0v) is 16.2. The lowest BCUT2D eigenvalue weighted by Crippen LogP contribution is -2.50. The third-order valence-electron chi connectivity index (χ3n) is 5.23. The first-order valence-electron chi connectivity index (χ1n) is 8.82. The third kappa shape index (κ3) is 3.14. The Morgan fingerprint density at radius 2 is 1.86 bits per heavy atom. The quantitative estimate of drug-likeness (QED) is 0.617. The molecule has 9 heteroatoms. The molecule has 0 saturated heterocycles. The molecule has 0 atom stereocenters. The summed E-state index contributed by atoms with van der Waals surface area (Å²) < 4.78 is 53.3. The summed E-state index contributed by atoms with van der Waals surface area (Å²) in [5.41, 5.74) is 10.3. The molecule has 1 aliphatic rings. The Morgan fingerprint density at radius 1 is 1.18 bits per heavy atom. The van der Waals surface area contributed by atoms with Crippen LogP contribution in [0.15, 0.2) is 35.2 Å². The SMILES string of the molecule is Cc1cc(S(=O)(=O)NC2CC(F)(F)C2)ccc1-c1ccc2[nH]nc(N)c2c1C. The second-order valence-corrected chi connectivity index (χ2v) is 9.04. The second kappa shape index (κ2) is 6.25. The van der Waals surface area contributed by atoms with Crippen molar-refractivity contribution < 1.29 is 17.2 Å². The van der Waals surface area contributed by atoms with Gasteiger partial charge in [-0.1, -0.05) is 12.1 Å². The first kappa shape index (κ1) is 18.8. The Labute approximate surface area is 161 Å². The van der Waals surface area contributed by atoms with Crippen molar-refractivity contribution >= 4 is 26.7 Å². The highest BCUT2D eigenvalue weighted by molar-refractivity contribution is 7.89. The van der Waals surface area contributed by atoms with E-state index in [0.29, 0.717) is 5.82 Å². The van der Waals surface area contributed by atoms with E-state index in [9.17, 15) is 17.2 Å². The maximum absolute atomic E-state index is 13.0. The van der Waals surface area contributed by atoms with Crippen LogP contribution >= 0.6 is 0 Å². The minimum Gasteiger partial charge on any atom is -0.382 e. The predicted octanol–water partition coefficient (Wildman–Crippen LogP) is 3.50. The molecule has 0 unspecified atom stereocenters. The Kier molecular flexibility index (Phi) is 4.20. The molecule has 0 radical (unpaired) electrons. The van der Waals surface area contributed by atoms with Gasteiger partial charge in [0.2, 0.25) is 10.0 Å². The van der Waals surface area contributed by atoms with Gasteiger partial charge in [0.25, 0.3) is 5.92 Å². The molecule has 4 rings (SSSR count). The van der Waals surface area contributed by atoms with Gasteiger partial charge in [-0.05, 0) is 54.3 Å². The molecule has 1 heterocycles. The highest BCUT2D eigenvalue weighted by atomic mass is 32.2. The summed E-state index contributed by atoms with van der Waals surface area (Å²) in [6, 6.07) is 7.85. The van der Waals surface area contributed by atoms with Crippen LogP contribution in [0.25, 0.3) is 22.0 Å². The summed E-state index contributed by atoms with van der Waals surface area (Å²) >= 11 is 0. The van der Waals surface area contributed by atoms with Gasteiger partial charge in [-0.25, -0.2) is 21.9 Å². The van der Waals surface area contributed by atoms with Crippen LogP contribution in [0.4, 0.5) is 14.6 Å². The Bertz CT molecular complexity index is 1180. The van der Waals surface area contributed by atoms with Gasteiger partial charge in [0.1, 0.15) is 0 Å². The van der Waals surface area contributed by atoms with Crippen LogP contribution in [0.5, 0.6) is 0 Å². The molecular formula is C19H20F2N4O2S. The lowest BCUT2D eigenvalue weighted by Gasteiger charge is -2.35. The van der Waals surface area contributed by atoms with E-state index >= 15 is 0 Å². The number of nitrogens with two attached hydrogens (primary N) is 1. The monoisotopic (exact) mass is 406 g/mol. The summed E-state index contributed by atoms with van der Waals surface area (Å²) in [6.07, 6.45) is -0.927. The highest BCUT2D eigenvalue weighted by Gasteiger charge is 2.46. The summed E-state index contributed by atoms with van der Waals surface area (Å²) in [5.74, 6) is -2.37. The van der Waals surface area contributed by atoms with Crippen LogP contribution in [-0.4, -0.2) is 30.6 Å². The number of rotatable bonds is 4. The number of nitrogens with zero attached hydrogens (tertiary/aromatic N) is 1. The average molecular weight is 406 g/mol. The minimum atomic E-state index is -3.85. The summed E-state index contributed by atoms with van der Waals surface area (Å²) in [4.78, 5) is 0.0607. The van der Waals surface area contributed by atoms with E-state index in [1.807, 2.05) is 26.0 Å². The number of nitrogen functional groups attached to an aromatic ring is 1. The molecule has 1 aliphatic carbocycles. The maximum Gasteiger partial charge on any atom is 0.251 e. The van der Waals surface area contributed by atoms with Crippen LogP contribution < -0.4 is 10.5 Å². The van der Waals surface area contributed by atoms with Gasteiger partial charge >= 0.3 is 0 Å². The lowest BCUT2D eigenvalue weighted by atomic mass is 9.89. The van der Waals surface area contributed by atoms with Crippen LogP contribution in [0, 0.1) is 13.8 Å². The molecule has 3 aromatic rings. The number of halogens is 2. The number of aromatic amines is 1. The van der Waals surface area contributed by atoms with Crippen molar-refractivity contribution in [2.24, 2.45) is 0 Å². The molecule has 4 N–H and O–H groups in total. The zero-order valence-electron chi connectivity index (χ0n) is 15.4. The number of nitrogens with one attached hydrogen (secondary N) is 2. The standard InChI is InChI=1S/C19H20F2N4O2S/c1-10-7-13(28(26,27)25-12-8-19(20,21)9-12)3-4-14(10)15-5-6-16-17(11(15)2)18(22)24-23-16/h3-7,12,25H,8-9H2,1-2H3,(H3,22,23,24). The van der Waals surface area contributed by atoms with E-state index in [1.165, 1.54) is 6.07 Å². The number of H-pyrrole nitrogens is 1. The Hall–Kier alpha value is -2.52. The van der Waals surface area contributed by atoms with Gasteiger partial charge in [-0.2, -0.15) is 5.10 Å². The zero-order chi connectivity index (χ0) is 20.3. The number of hydrogen-bond acceptors (Lipinski definition) is 4. The van der Waals surface area contributed by atoms with E-state index in [0.717, 1.165) is 33.2 Å². The van der Waals surface area contributed by atoms with Crippen LogP contribution in [-0.2, 0) is 10.0 Å². The van der Waals surface area contributed by atoms with E-state index < -0.39 is 34.8 Å². The van der Waals surface area contributed by atoms with Gasteiger partial charge in [0, 0.05) is 24.3 Å². The number of anilines is 1. The maximum atomic E-state index is 13.0. The number of benzene rings is 2. The van der Waals surface area contributed by atoms with Crippen molar-refractivity contribution in [1.82, 2.24) is 14.9 Å². The normalized spacial score (nSPS) is 17.0. The molecule has 0 spiro atoms. The number of hydrogen-bond donors (Lipinski definition) is 3. The molecule has 28 heavy (non-hydrogen) atoms. The van der Waals surface area contributed by atoms with Crippen LogP contribution in [0.3, 0.4) is 0 Å². The summed E-state index contributed by atoms with van der Waals surface area (Å²) in [6.45, 7) is 3.75. The van der Waals surface area contributed by atoms with Gasteiger partial charge in [0.15, 0.2) is 5.82 Å². The van der Waals surface area contributed by atoms with Gasteiger partial charge in [0.05, 0.1) is 10.4 Å². The van der Waals surface area contributed by atoms with Crippen molar-refractivity contribution in [2.45, 2.75) is 43.5 Å². The topological polar surface area (TPSA) is 101 Å². The molecule has 2 aromatic carbocycles. The summed E-state index contributed by atoms with van der Waals surface area (Å²) in [5, 5.41) is 7.73. The molecule has 1 fully saturated rings. The summed E-state index contributed by atoms with van der Waals surface area (Å²) in [7, 11) is -3.85. The number of sulfonamides is 1. The minimum absolute atomic E-state index is 0.0607. The molecule has 0 bridgehead atoms. The van der Waals surface area contributed by atoms with Crippen LogP contribution in [0.1, 0.15) is 24.0 Å². The lowest BCUT2D eigenvalue weighted by molar-refractivity contribution is -0.0876. The highest BCUT2D eigenvalue weighted by Crippen LogP contribution is 2.38. The molecular weight excluding hydrogens is 386 g/mol. The fraction of sp³-hybridized carbons (Fsp3) is 0.316. The molecule has 1 aromatic heterocycles. The Balaban J connectivity index is 1.67. The number of fused-ring (bicyclic) bond motifs is 1. The molecule has 148 valence electrons. The second-order valence-electron chi connectivity index (χ2n) is 7.33. The van der Waals surface area contributed by atoms with E-state index in [1.54, 1.807) is 12.1 Å². The fourth-order valence-electron chi connectivity index (χ4n) is 3.74. The fourth-order valence-corrected chi connectivity index (χ4v) is 5.06. The number of alkyl halides is 2. The van der Waals surface area contributed by atoms with Gasteiger partial charge in [-0.3, -0.25) is 5.10 Å². The molecule has 0 aliphatic heterocycles. The first-order valence-corrected chi connectivity index (χ1v) is 10.3.